The summed E-state index contributed by atoms with van der Waals surface area (Å²) < 4.78 is 11.0. The Hall–Kier alpha value is -2.60. The highest BCUT2D eigenvalue weighted by atomic mass is 16.5. The highest BCUT2D eigenvalue weighted by Crippen LogP contribution is 2.21. The zero-order valence-electron chi connectivity index (χ0n) is 14.5. The Morgan fingerprint density at radius 3 is 2.56 bits per heavy atom. The van der Waals surface area contributed by atoms with Gasteiger partial charge < -0.3 is 20.1 Å². The Balaban J connectivity index is 1.56. The van der Waals surface area contributed by atoms with Crippen molar-refractivity contribution in [1.29, 1.82) is 0 Å². The lowest BCUT2D eigenvalue weighted by Gasteiger charge is -2.12. The Bertz CT molecular complexity index is 693. The number of hydrogen-bond donors (Lipinski definition) is 2. The number of carbonyl (C=O) groups is 1. The Labute approximate surface area is 147 Å². The first-order chi connectivity index (χ1) is 12.1. The molecule has 0 spiro atoms. The molecule has 3 rings (SSSR count). The third kappa shape index (κ3) is 4.93. The van der Waals surface area contributed by atoms with Crippen LogP contribution in [0.25, 0.3) is 0 Å². The SMILES string of the molecule is CC(C)Oc1ccc(Nc2ccc(NC(=O)C3CCCO3)nc2)cc1. The van der Waals surface area contributed by atoms with E-state index in [1.807, 2.05) is 44.2 Å². The quantitative estimate of drug-likeness (QED) is 0.837. The zero-order valence-corrected chi connectivity index (χ0v) is 14.5. The molecular weight excluding hydrogens is 318 g/mol. The van der Waals surface area contributed by atoms with Crippen LogP contribution in [0.1, 0.15) is 26.7 Å². The molecule has 1 aliphatic rings. The molecular formula is C19H23N3O3. The fourth-order valence-corrected chi connectivity index (χ4v) is 2.59. The van der Waals surface area contributed by atoms with Crippen molar-refractivity contribution in [1.82, 2.24) is 4.98 Å². The van der Waals surface area contributed by atoms with Crippen molar-refractivity contribution in [2.45, 2.75) is 38.9 Å². The molecule has 2 aromatic rings. The van der Waals surface area contributed by atoms with Gasteiger partial charge in [-0.2, -0.15) is 0 Å². The molecule has 0 radical (unpaired) electrons. The van der Waals surface area contributed by atoms with Crippen molar-refractivity contribution in [3.05, 3.63) is 42.6 Å². The molecule has 1 aliphatic heterocycles. The van der Waals surface area contributed by atoms with Gasteiger partial charge in [0.2, 0.25) is 0 Å². The lowest BCUT2D eigenvalue weighted by molar-refractivity contribution is -0.124. The van der Waals surface area contributed by atoms with Gasteiger partial charge in [-0.25, -0.2) is 4.98 Å². The summed E-state index contributed by atoms with van der Waals surface area (Å²) in [5, 5.41) is 6.05. The first-order valence-electron chi connectivity index (χ1n) is 8.52. The van der Waals surface area contributed by atoms with Gasteiger partial charge in [0.05, 0.1) is 18.0 Å². The first-order valence-corrected chi connectivity index (χ1v) is 8.52. The van der Waals surface area contributed by atoms with Crippen LogP contribution in [-0.4, -0.2) is 29.7 Å². The molecule has 2 heterocycles. The lowest BCUT2D eigenvalue weighted by atomic mass is 10.2. The average Bonchev–Trinajstić information content (AvgIpc) is 3.13. The molecule has 1 aromatic heterocycles. The van der Waals surface area contributed by atoms with Crippen molar-refractivity contribution in [3.63, 3.8) is 0 Å². The number of hydrogen-bond acceptors (Lipinski definition) is 5. The number of ether oxygens (including phenoxy) is 2. The van der Waals surface area contributed by atoms with Gasteiger partial charge in [-0.15, -0.1) is 0 Å². The predicted molar refractivity (Wildman–Crippen MR) is 97.3 cm³/mol. The molecule has 132 valence electrons. The predicted octanol–water partition coefficient (Wildman–Crippen LogP) is 3.73. The minimum atomic E-state index is -0.355. The van der Waals surface area contributed by atoms with Gasteiger partial charge in [0, 0.05) is 12.3 Å². The van der Waals surface area contributed by atoms with E-state index in [1.165, 1.54) is 0 Å². The average molecular weight is 341 g/mol. The molecule has 0 saturated carbocycles. The second kappa shape index (κ2) is 7.98. The summed E-state index contributed by atoms with van der Waals surface area (Å²) in [4.78, 5) is 16.3. The smallest absolute Gasteiger partial charge is 0.254 e. The van der Waals surface area contributed by atoms with Crippen molar-refractivity contribution in [2.75, 3.05) is 17.2 Å². The number of amides is 1. The van der Waals surface area contributed by atoms with E-state index in [1.54, 1.807) is 12.3 Å². The summed E-state index contributed by atoms with van der Waals surface area (Å²) in [6, 6.07) is 11.4. The van der Waals surface area contributed by atoms with E-state index >= 15 is 0 Å². The van der Waals surface area contributed by atoms with E-state index < -0.39 is 0 Å². The van der Waals surface area contributed by atoms with Crippen molar-refractivity contribution < 1.29 is 14.3 Å². The minimum Gasteiger partial charge on any atom is -0.491 e. The second-order valence-electron chi connectivity index (χ2n) is 6.24. The van der Waals surface area contributed by atoms with E-state index in [-0.39, 0.29) is 18.1 Å². The van der Waals surface area contributed by atoms with E-state index in [9.17, 15) is 4.79 Å². The summed E-state index contributed by atoms with van der Waals surface area (Å²) in [5.41, 5.74) is 1.78. The number of anilines is 3. The molecule has 1 amide bonds. The van der Waals surface area contributed by atoms with Crippen LogP contribution in [0, 0.1) is 0 Å². The molecule has 6 heteroatoms. The summed E-state index contributed by atoms with van der Waals surface area (Å²) in [5.74, 6) is 1.23. The monoisotopic (exact) mass is 341 g/mol. The van der Waals surface area contributed by atoms with Gasteiger partial charge in [-0.3, -0.25) is 4.79 Å². The molecule has 25 heavy (non-hydrogen) atoms. The molecule has 6 nitrogen and oxygen atoms in total. The lowest BCUT2D eigenvalue weighted by Crippen LogP contribution is -2.27. The summed E-state index contributed by atoms with van der Waals surface area (Å²) in [6.45, 7) is 4.64. The minimum absolute atomic E-state index is 0.133. The maximum Gasteiger partial charge on any atom is 0.254 e. The van der Waals surface area contributed by atoms with Crippen LogP contribution in [0.15, 0.2) is 42.6 Å². The summed E-state index contributed by atoms with van der Waals surface area (Å²) in [6.07, 6.45) is 3.17. The van der Waals surface area contributed by atoms with Gasteiger partial charge in [0.1, 0.15) is 17.7 Å². The Morgan fingerprint density at radius 1 is 1.20 bits per heavy atom. The van der Waals surface area contributed by atoms with Crippen LogP contribution in [0.4, 0.5) is 17.2 Å². The third-order valence-corrected chi connectivity index (χ3v) is 3.75. The number of nitrogens with zero attached hydrogens (tertiary/aromatic N) is 1. The van der Waals surface area contributed by atoms with Crippen LogP contribution in [0.5, 0.6) is 5.75 Å². The van der Waals surface area contributed by atoms with Gasteiger partial charge in [-0.05, 0) is 63.1 Å². The topological polar surface area (TPSA) is 72.5 Å². The fraction of sp³-hybridized carbons (Fsp3) is 0.368. The normalized spacial score (nSPS) is 16.7. The fourth-order valence-electron chi connectivity index (χ4n) is 2.59. The van der Waals surface area contributed by atoms with E-state index in [0.29, 0.717) is 12.4 Å². The molecule has 2 N–H and O–H groups in total. The maximum absolute atomic E-state index is 12.0. The van der Waals surface area contributed by atoms with Crippen molar-refractivity contribution >= 4 is 23.1 Å². The Morgan fingerprint density at radius 2 is 1.96 bits per heavy atom. The van der Waals surface area contributed by atoms with Crippen LogP contribution in [0.2, 0.25) is 0 Å². The van der Waals surface area contributed by atoms with Gasteiger partial charge in [0.15, 0.2) is 0 Å². The molecule has 0 aliphatic carbocycles. The number of pyridine rings is 1. The number of benzene rings is 1. The molecule has 0 bridgehead atoms. The van der Waals surface area contributed by atoms with Crippen LogP contribution >= 0.6 is 0 Å². The molecule has 1 unspecified atom stereocenters. The van der Waals surface area contributed by atoms with E-state index in [0.717, 1.165) is 30.0 Å². The van der Waals surface area contributed by atoms with E-state index in [2.05, 4.69) is 15.6 Å². The zero-order chi connectivity index (χ0) is 17.6. The Kier molecular flexibility index (Phi) is 5.50. The summed E-state index contributed by atoms with van der Waals surface area (Å²) >= 11 is 0. The molecule has 1 atom stereocenters. The maximum atomic E-state index is 12.0. The number of nitrogens with one attached hydrogen (secondary N) is 2. The van der Waals surface area contributed by atoms with Crippen molar-refractivity contribution in [2.24, 2.45) is 0 Å². The standard InChI is InChI=1S/C19H23N3O3/c1-13(2)25-16-8-5-14(6-9-16)21-15-7-10-18(20-12-15)22-19(23)17-4-3-11-24-17/h5-10,12-13,17,21H,3-4,11H2,1-2H3,(H,20,22,23). The largest absolute Gasteiger partial charge is 0.491 e. The third-order valence-electron chi connectivity index (χ3n) is 3.75. The molecule has 1 saturated heterocycles. The highest BCUT2D eigenvalue weighted by molar-refractivity contribution is 5.93. The van der Waals surface area contributed by atoms with Crippen LogP contribution in [-0.2, 0) is 9.53 Å². The van der Waals surface area contributed by atoms with Gasteiger partial charge in [0.25, 0.3) is 5.91 Å². The number of carbonyl (C=O) groups excluding carboxylic acids is 1. The first kappa shape index (κ1) is 17.2. The van der Waals surface area contributed by atoms with Gasteiger partial charge in [-0.1, -0.05) is 0 Å². The number of rotatable bonds is 6. The van der Waals surface area contributed by atoms with Gasteiger partial charge >= 0.3 is 0 Å². The molecule has 1 aromatic carbocycles. The van der Waals surface area contributed by atoms with Crippen LogP contribution < -0.4 is 15.4 Å². The second-order valence-corrected chi connectivity index (χ2v) is 6.24. The van der Waals surface area contributed by atoms with E-state index in [4.69, 9.17) is 9.47 Å². The number of aromatic nitrogens is 1. The van der Waals surface area contributed by atoms with Crippen LogP contribution in [0.3, 0.4) is 0 Å². The van der Waals surface area contributed by atoms with Crippen molar-refractivity contribution in [3.8, 4) is 5.75 Å². The highest BCUT2D eigenvalue weighted by Gasteiger charge is 2.23. The summed E-state index contributed by atoms with van der Waals surface area (Å²) in [7, 11) is 0. The molecule has 1 fully saturated rings.